The van der Waals surface area contributed by atoms with Crippen molar-refractivity contribution in [1.29, 1.82) is 0 Å². The fourth-order valence-corrected chi connectivity index (χ4v) is 1.85. The van der Waals surface area contributed by atoms with Gasteiger partial charge in [-0.25, -0.2) is 8.42 Å². The fraction of sp³-hybridized carbons (Fsp3) is 0.800. The van der Waals surface area contributed by atoms with Gasteiger partial charge in [-0.2, -0.15) is 0 Å². The van der Waals surface area contributed by atoms with Crippen LogP contribution in [0.2, 0.25) is 0 Å². The van der Waals surface area contributed by atoms with Crippen molar-refractivity contribution in [2.75, 3.05) is 37.0 Å². The third kappa shape index (κ3) is 5.46. The number of sulfone groups is 1. The Balaban J connectivity index is 2.46. The van der Waals surface area contributed by atoms with Gasteiger partial charge in [0.05, 0.1) is 12.3 Å². The molecule has 18 heavy (non-hydrogen) atoms. The Morgan fingerprint density at radius 2 is 2.11 bits per heavy atom. The molecule has 1 aromatic heterocycles. The first-order chi connectivity index (χ1) is 8.42. The SMILES string of the molecule is CCCNCc1nnc(N(C)CCS(C)(=O)=O)o1. The van der Waals surface area contributed by atoms with Gasteiger partial charge in [-0.1, -0.05) is 12.0 Å². The summed E-state index contributed by atoms with van der Waals surface area (Å²) in [5, 5.41) is 10.9. The van der Waals surface area contributed by atoms with Crippen molar-refractivity contribution < 1.29 is 12.8 Å². The number of nitrogens with one attached hydrogen (secondary N) is 1. The van der Waals surface area contributed by atoms with Crippen LogP contribution in [-0.2, 0) is 16.4 Å². The molecule has 0 fully saturated rings. The Kier molecular flexibility index (Phi) is 5.54. The minimum atomic E-state index is -2.98. The minimum absolute atomic E-state index is 0.0648. The predicted molar refractivity (Wildman–Crippen MR) is 69.3 cm³/mol. The van der Waals surface area contributed by atoms with Gasteiger partial charge in [0.1, 0.15) is 9.84 Å². The molecular formula is C10H20N4O3S. The lowest BCUT2D eigenvalue weighted by molar-refractivity contribution is 0.466. The Labute approximate surface area is 107 Å². The van der Waals surface area contributed by atoms with Crippen molar-refractivity contribution >= 4 is 15.9 Å². The zero-order valence-corrected chi connectivity index (χ0v) is 11.8. The monoisotopic (exact) mass is 276 g/mol. The quantitative estimate of drug-likeness (QED) is 0.671. The van der Waals surface area contributed by atoms with E-state index in [4.69, 9.17) is 4.42 Å². The van der Waals surface area contributed by atoms with Crippen molar-refractivity contribution in [3.8, 4) is 0 Å². The lowest BCUT2D eigenvalue weighted by atomic mass is 10.5. The lowest BCUT2D eigenvalue weighted by Crippen LogP contribution is -2.25. The molecule has 0 atom stereocenters. The Hall–Kier alpha value is -1.15. The van der Waals surface area contributed by atoms with E-state index in [2.05, 4.69) is 22.4 Å². The summed E-state index contributed by atoms with van der Waals surface area (Å²) in [5.74, 6) is 0.569. The first-order valence-electron chi connectivity index (χ1n) is 5.84. The van der Waals surface area contributed by atoms with Gasteiger partial charge in [0, 0.05) is 19.8 Å². The van der Waals surface area contributed by atoms with E-state index in [0.717, 1.165) is 13.0 Å². The van der Waals surface area contributed by atoms with Gasteiger partial charge in [0.2, 0.25) is 5.89 Å². The summed E-state index contributed by atoms with van der Waals surface area (Å²) in [5.41, 5.74) is 0. The number of nitrogens with zero attached hydrogens (tertiary/aromatic N) is 3. The normalized spacial score (nSPS) is 11.7. The number of anilines is 1. The molecule has 0 saturated heterocycles. The molecule has 1 rings (SSSR count). The highest BCUT2D eigenvalue weighted by Gasteiger charge is 2.12. The number of rotatable bonds is 8. The fourth-order valence-electron chi connectivity index (χ4n) is 1.24. The molecule has 7 nitrogen and oxygen atoms in total. The van der Waals surface area contributed by atoms with Crippen LogP contribution in [0.3, 0.4) is 0 Å². The predicted octanol–water partition coefficient (Wildman–Crippen LogP) is 0.0500. The van der Waals surface area contributed by atoms with Crippen LogP contribution in [0.25, 0.3) is 0 Å². The summed E-state index contributed by atoms with van der Waals surface area (Å²) in [6, 6.07) is 0.340. The van der Waals surface area contributed by atoms with E-state index in [1.807, 2.05) is 0 Å². The first-order valence-corrected chi connectivity index (χ1v) is 7.90. The molecule has 0 spiro atoms. The minimum Gasteiger partial charge on any atom is -0.407 e. The van der Waals surface area contributed by atoms with Crippen molar-refractivity contribution in [2.24, 2.45) is 0 Å². The highest BCUT2D eigenvalue weighted by molar-refractivity contribution is 7.90. The van der Waals surface area contributed by atoms with E-state index in [1.165, 1.54) is 6.26 Å². The number of aromatic nitrogens is 2. The second kappa shape index (κ2) is 6.69. The Morgan fingerprint density at radius 1 is 1.39 bits per heavy atom. The van der Waals surface area contributed by atoms with Gasteiger partial charge in [-0.15, -0.1) is 5.10 Å². The molecule has 0 amide bonds. The summed E-state index contributed by atoms with van der Waals surface area (Å²) in [4.78, 5) is 1.64. The highest BCUT2D eigenvalue weighted by Crippen LogP contribution is 2.10. The second-order valence-electron chi connectivity index (χ2n) is 4.21. The van der Waals surface area contributed by atoms with Crippen molar-refractivity contribution in [3.05, 3.63) is 5.89 Å². The maximum atomic E-state index is 11.0. The van der Waals surface area contributed by atoms with Crippen molar-refractivity contribution in [2.45, 2.75) is 19.9 Å². The summed E-state index contributed by atoms with van der Waals surface area (Å²) in [6.45, 7) is 3.83. The second-order valence-corrected chi connectivity index (χ2v) is 6.47. The molecule has 1 aromatic rings. The first kappa shape index (κ1) is 14.9. The van der Waals surface area contributed by atoms with Gasteiger partial charge in [-0.3, -0.25) is 0 Å². The van der Waals surface area contributed by atoms with Gasteiger partial charge >= 0.3 is 6.01 Å². The third-order valence-corrected chi connectivity index (χ3v) is 3.21. The van der Waals surface area contributed by atoms with E-state index in [9.17, 15) is 8.42 Å². The molecule has 0 saturated carbocycles. The molecule has 1 N–H and O–H groups in total. The Morgan fingerprint density at radius 3 is 2.72 bits per heavy atom. The third-order valence-electron chi connectivity index (χ3n) is 2.28. The smallest absolute Gasteiger partial charge is 0.317 e. The summed E-state index contributed by atoms with van der Waals surface area (Å²) in [6.07, 6.45) is 2.24. The molecule has 0 unspecified atom stereocenters. The van der Waals surface area contributed by atoms with E-state index in [1.54, 1.807) is 11.9 Å². The van der Waals surface area contributed by atoms with Crippen LogP contribution in [0.5, 0.6) is 0 Å². The average Bonchev–Trinajstić information content (AvgIpc) is 2.74. The van der Waals surface area contributed by atoms with E-state index < -0.39 is 9.84 Å². The number of hydrogen-bond acceptors (Lipinski definition) is 7. The molecule has 0 aliphatic heterocycles. The van der Waals surface area contributed by atoms with Gasteiger partial charge < -0.3 is 14.6 Å². The molecule has 0 bridgehead atoms. The lowest BCUT2D eigenvalue weighted by Gasteiger charge is -2.12. The van der Waals surface area contributed by atoms with Crippen LogP contribution in [0.1, 0.15) is 19.2 Å². The largest absolute Gasteiger partial charge is 0.407 e. The maximum absolute atomic E-state index is 11.0. The summed E-state index contributed by atoms with van der Waals surface area (Å²) < 4.78 is 27.5. The molecule has 8 heteroatoms. The molecule has 104 valence electrons. The van der Waals surface area contributed by atoms with Crippen LogP contribution in [0, 0.1) is 0 Å². The van der Waals surface area contributed by atoms with Crippen LogP contribution in [0.15, 0.2) is 4.42 Å². The van der Waals surface area contributed by atoms with Crippen LogP contribution < -0.4 is 10.2 Å². The van der Waals surface area contributed by atoms with E-state index in [-0.39, 0.29) is 5.75 Å². The summed E-state index contributed by atoms with van der Waals surface area (Å²) >= 11 is 0. The van der Waals surface area contributed by atoms with E-state index >= 15 is 0 Å². The molecule has 0 aliphatic rings. The van der Waals surface area contributed by atoms with Gasteiger partial charge in [-0.05, 0) is 13.0 Å². The molecule has 0 aliphatic carbocycles. The van der Waals surface area contributed by atoms with Gasteiger partial charge in [0.25, 0.3) is 0 Å². The summed E-state index contributed by atoms with van der Waals surface area (Å²) in [7, 11) is -1.26. The molecule has 0 aromatic carbocycles. The van der Waals surface area contributed by atoms with E-state index in [0.29, 0.717) is 25.0 Å². The van der Waals surface area contributed by atoms with Crippen molar-refractivity contribution in [1.82, 2.24) is 15.5 Å². The van der Waals surface area contributed by atoms with Crippen LogP contribution in [0.4, 0.5) is 6.01 Å². The highest BCUT2D eigenvalue weighted by atomic mass is 32.2. The maximum Gasteiger partial charge on any atom is 0.317 e. The van der Waals surface area contributed by atoms with Crippen LogP contribution >= 0.6 is 0 Å². The van der Waals surface area contributed by atoms with Crippen LogP contribution in [-0.4, -0.2) is 50.8 Å². The van der Waals surface area contributed by atoms with Gasteiger partial charge in [0.15, 0.2) is 0 Å². The molecule has 1 heterocycles. The Bertz CT molecular complexity index is 457. The molecular weight excluding hydrogens is 256 g/mol. The molecule has 0 radical (unpaired) electrons. The average molecular weight is 276 g/mol. The topological polar surface area (TPSA) is 88.3 Å². The number of hydrogen-bond donors (Lipinski definition) is 1. The van der Waals surface area contributed by atoms with Crippen molar-refractivity contribution in [3.63, 3.8) is 0 Å². The zero-order valence-electron chi connectivity index (χ0n) is 11.0. The standard InChI is InChI=1S/C10H20N4O3S/c1-4-5-11-8-9-12-13-10(17-9)14(2)6-7-18(3,15)16/h11H,4-8H2,1-3H3. The zero-order chi connectivity index (χ0) is 13.6.